The van der Waals surface area contributed by atoms with Crippen LogP contribution in [0.5, 0.6) is 5.75 Å². The second-order valence-electron chi connectivity index (χ2n) is 8.30. The van der Waals surface area contributed by atoms with Gasteiger partial charge in [-0.05, 0) is 60.0 Å². The third-order valence-corrected chi connectivity index (χ3v) is 6.26. The summed E-state index contributed by atoms with van der Waals surface area (Å²) in [5.74, 6) is -0.933. The summed E-state index contributed by atoms with van der Waals surface area (Å²) in [5.41, 5.74) is 2.71. The van der Waals surface area contributed by atoms with E-state index in [9.17, 15) is 18.8 Å². The lowest BCUT2D eigenvalue weighted by Crippen LogP contribution is -2.51. The molecule has 0 spiro atoms. The lowest BCUT2D eigenvalue weighted by atomic mass is 10.0. The van der Waals surface area contributed by atoms with E-state index in [0.717, 1.165) is 22.9 Å². The number of anilines is 1. The number of halogens is 1. The summed E-state index contributed by atoms with van der Waals surface area (Å²) in [5, 5.41) is 5.64. The molecule has 1 fully saturated rings. The molecule has 3 amide bonds. The smallest absolute Gasteiger partial charge is 0.256 e. The predicted octanol–water partition coefficient (Wildman–Crippen LogP) is 3.47. The molecule has 0 bridgehead atoms. The van der Waals surface area contributed by atoms with Gasteiger partial charge < -0.3 is 20.3 Å². The molecule has 34 heavy (non-hydrogen) atoms. The second kappa shape index (κ2) is 8.62. The maximum absolute atomic E-state index is 13.5. The molecule has 5 rings (SSSR count). The number of amides is 3. The summed E-state index contributed by atoms with van der Waals surface area (Å²) in [6.07, 6.45) is 0.415. The number of hydrogen-bond acceptors (Lipinski definition) is 4. The maximum atomic E-state index is 13.5. The van der Waals surface area contributed by atoms with Crippen LogP contribution in [0, 0.1) is 5.82 Å². The van der Waals surface area contributed by atoms with Crippen molar-refractivity contribution in [2.24, 2.45) is 0 Å². The van der Waals surface area contributed by atoms with Gasteiger partial charge in [0, 0.05) is 12.1 Å². The molecule has 1 saturated heterocycles. The molecule has 3 aromatic carbocycles. The highest BCUT2D eigenvalue weighted by atomic mass is 19.1. The third kappa shape index (κ3) is 3.87. The van der Waals surface area contributed by atoms with Gasteiger partial charge in [0.2, 0.25) is 5.91 Å². The Morgan fingerprint density at radius 2 is 1.82 bits per heavy atom. The fraction of sp³-hybridized carbons (Fsp3) is 0.192. The highest BCUT2D eigenvalue weighted by Gasteiger charge is 2.45. The Hall–Kier alpha value is -4.20. The predicted molar refractivity (Wildman–Crippen MR) is 124 cm³/mol. The van der Waals surface area contributed by atoms with Gasteiger partial charge in [0.25, 0.3) is 11.8 Å². The number of nitrogens with zero attached hydrogens (tertiary/aromatic N) is 1. The van der Waals surface area contributed by atoms with E-state index in [-0.39, 0.29) is 17.4 Å². The number of methoxy groups -OCH3 is 1. The van der Waals surface area contributed by atoms with Gasteiger partial charge in [-0.3, -0.25) is 14.4 Å². The van der Waals surface area contributed by atoms with E-state index in [2.05, 4.69) is 10.6 Å². The van der Waals surface area contributed by atoms with Crippen molar-refractivity contribution in [3.8, 4) is 16.9 Å². The summed E-state index contributed by atoms with van der Waals surface area (Å²) in [6.45, 7) is 0.317. The largest absolute Gasteiger partial charge is 0.497 e. The molecule has 0 aromatic heterocycles. The van der Waals surface area contributed by atoms with Crippen molar-refractivity contribution in [2.45, 2.75) is 18.5 Å². The molecule has 2 aliphatic rings. The molecule has 2 atom stereocenters. The van der Waals surface area contributed by atoms with Crippen LogP contribution in [0.3, 0.4) is 0 Å². The van der Waals surface area contributed by atoms with E-state index >= 15 is 0 Å². The van der Waals surface area contributed by atoms with Crippen LogP contribution in [0.15, 0.2) is 66.7 Å². The van der Waals surface area contributed by atoms with Crippen molar-refractivity contribution in [1.29, 1.82) is 0 Å². The highest BCUT2D eigenvalue weighted by molar-refractivity contribution is 6.11. The van der Waals surface area contributed by atoms with E-state index in [1.165, 1.54) is 23.1 Å². The van der Waals surface area contributed by atoms with Crippen molar-refractivity contribution in [3.63, 3.8) is 0 Å². The number of hydrogen-bond donors (Lipinski definition) is 2. The topological polar surface area (TPSA) is 87.7 Å². The zero-order chi connectivity index (χ0) is 23.8. The number of benzene rings is 3. The van der Waals surface area contributed by atoms with Crippen LogP contribution in [0.25, 0.3) is 11.1 Å². The van der Waals surface area contributed by atoms with Crippen molar-refractivity contribution in [3.05, 3.63) is 83.7 Å². The minimum Gasteiger partial charge on any atom is -0.497 e. The zero-order valence-corrected chi connectivity index (χ0v) is 18.4. The number of ether oxygens (including phenoxy) is 1. The van der Waals surface area contributed by atoms with Gasteiger partial charge >= 0.3 is 0 Å². The van der Waals surface area contributed by atoms with Gasteiger partial charge in [-0.15, -0.1) is 0 Å². The highest BCUT2D eigenvalue weighted by Crippen LogP contribution is 2.33. The average molecular weight is 459 g/mol. The molecule has 2 N–H and O–H groups in total. The molecule has 2 aliphatic heterocycles. The second-order valence-corrected chi connectivity index (χ2v) is 8.30. The van der Waals surface area contributed by atoms with Crippen LogP contribution in [-0.4, -0.2) is 48.4 Å². The normalized spacial score (nSPS) is 19.1. The van der Waals surface area contributed by atoms with Gasteiger partial charge in [0.15, 0.2) is 0 Å². The van der Waals surface area contributed by atoms with E-state index in [4.69, 9.17) is 4.74 Å². The number of carbonyl (C=O) groups is 3. The van der Waals surface area contributed by atoms with Crippen LogP contribution in [0.1, 0.15) is 27.1 Å². The third-order valence-electron chi connectivity index (χ3n) is 6.26. The Balaban J connectivity index is 1.41. The first-order valence-electron chi connectivity index (χ1n) is 10.9. The van der Waals surface area contributed by atoms with Crippen molar-refractivity contribution >= 4 is 23.4 Å². The van der Waals surface area contributed by atoms with Gasteiger partial charge in [-0.25, -0.2) is 4.39 Å². The Labute approximate surface area is 195 Å². The van der Waals surface area contributed by atoms with Gasteiger partial charge in [-0.1, -0.05) is 24.3 Å². The summed E-state index contributed by atoms with van der Waals surface area (Å²) >= 11 is 0. The number of carbonyl (C=O) groups excluding carboxylic acids is 3. The van der Waals surface area contributed by atoms with Crippen LogP contribution in [-0.2, 0) is 4.79 Å². The summed E-state index contributed by atoms with van der Waals surface area (Å²) < 4.78 is 18.7. The first-order chi connectivity index (χ1) is 16.4. The minimum absolute atomic E-state index is 0.159. The Morgan fingerprint density at radius 1 is 1.06 bits per heavy atom. The molecule has 8 heteroatoms. The average Bonchev–Trinajstić information content (AvgIpc) is 3.23. The number of rotatable bonds is 4. The summed E-state index contributed by atoms with van der Waals surface area (Å²) in [4.78, 5) is 40.7. The molecule has 0 saturated carbocycles. The van der Waals surface area contributed by atoms with E-state index in [0.29, 0.717) is 24.2 Å². The first-order valence-corrected chi connectivity index (χ1v) is 10.9. The van der Waals surface area contributed by atoms with Crippen LogP contribution < -0.4 is 15.4 Å². The van der Waals surface area contributed by atoms with E-state index < -0.39 is 23.8 Å². The molecule has 0 radical (unpaired) electrons. The van der Waals surface area contributed by atoms with Crippen LogP contribution in [0.4, 0.5) is 10.1 Å². The molecular formula is C26H22FN3O4. The van der Waals surface area contributed by atoms with E-state index in [1.54, 1.807) is 19.2 Å². The van der Waals surface area contributed by atoms with Crippen molar-refractivity contribution in [1.82, 2.24) is 10.2 Å². The van der Waals surface area contributed by atoms with Crippen molar-refractivity contribution in [2.75, 3.05) is 19.0 Å². The number of fused-ring (bicyclic) bond motifs is 2. The summed E-state index contributed by atoms with van der Waals surface area (Å²) in [7, 11) is 1.60. The Kier molecular flexibility index (Phi) is 5.49. The lowest BCUT2D eigenvalue weighted by Gasteiger charge is -2.25. The summed E-state index contributed by atoms with van der Waals surface area (Å²) in [6, 6.07) is 16.7. The minimum atomic E-state index is -0.859. The molecule has 2 heterocycles. The monoisotopic (exact) mass is 459 g/mol. The van der Waals surface area contributed by atoms with Gasteiger partial charge in [0.1, 0.15) is 17.6 Å². The van der Waals surface area contributed by atoms with Crippen LogP contribution in [0.2, 0.25) is 0 Å². The fourth-order valence-electron chi connectivity index (χ4n) is 4.53. The van der Waals surface area contributed by atoms with Crippen molar-refractivity contribution < 1.29 is 23.5 Å². The Bertz CT molecular complexity index is 1290. The standard InChI is InChI=1S/C26H22FN3O4/c1-34-19-8-5-15(6-9-19)16-7-10-21-20(14-16)26(33)30-12-11-22(23(30)25(32)28-21)29-24(31)17-3-2-4-18(27)13-17/h2-10,13-14,22-23H,11-12H2,1H3,(H,28,32)(H,29,31). The number of nitrogens with one attached hydrogen (secondary N) is 2. The quantitative estimate of drug-likeness (QED) is 0.626. The fourth-order valence-corrected chi connectivity index (χ4v) is 4.53. The lowest BCUT2D eigenvalue weighted by molar-refractivity contribution is -0.120. The SMILES string of the molecule is COc1ccc(-c2ccc3c(c2)C(=O)N2CCC(NC(=O)c4cccc(F)c4)C2C(=O)N3)cc1. The van der Waals surface area contributed by atoms with Crippen LogP contribution >= 0.6 is 0 Å². The molecule has 0 aliphatic carbocycles. The zero-order valence-electron chi connectivity index (χ0n) is 18.4. The Morgan fingerprint density at radius 3 is 2.56 bits per heavy atom. The maximum Gasteiger partial charge on any atom is 0.256 e. The van der Waals surface area contributed by atoms with Gasteiger partial charge in [-0.2, -0.15) is 0 Å². The molecule has 3 aromatic rings. The molecular weight excluding hydrogens is 437 g/mol. The van der Waals surface area contributed by atoms with E-state index in [1.807, 2.05) is 30.3 Å². The molecule has 7 nitrogen and oxygen atoms in total. The molecule has 172 valence electrons. The first kappa shape index (κ1) is 21.6. The molecule has 2 unspecified atom stereocenters. The van der Waals surface area contributed by atoms with Gasteiger partial charge in [0.05, 0.1) is 24.4 Å².